The number of amides is 1. The van der Waals surface area contributed by atoms with Crippen LogP contribution in [0.2, 0.25) is 5.02 Å². The Hall–Kier alpha value is -2.70. The molecule has 7 heteroatoms. The first-order valence-corrected chi connectivity index (χ1v) is 8.97. The molecule has 1 atom stereocenters. The minimum atomic E-state index is -0.256. The molecule has 0 bridgehead atoms. The van der Waals surface area contributed by atoms with E-state index in [4.69, 9.17) is 11.6 Å². The zero-order valence-electron chi connectivity index (χ0n) is 15.2. The van der Waals surface area contributed by atoms with Crippen LogP contribution >= 0.6 is 11.6 Å². The fourth-order valence-corrected chi connectivity index (χ4v) is 3.22. The Balaban J connectivity index is 1.71. The molecule has 6 nitrogen and oxygen atoms in total. The third-order valence-electron chi connectivity index (χ3n) is 4.43. The maximum atomic E-state index is 12.5. The van der Waals surface area contributed by atoms with Gasteiger partial charge in [0.05, 0.1) is 23.3 Å². The van der Waals surface area contributed by atoms with Crippen LogP contribution < -0.4 is 10.9 Å². The molecule has 0 aliphatic carbocycles. The molecule has 27 heavy (non-hydrogen) atoms. The normalized spacial score (nSPS) is 12.3. The van der Waals surface area contributed by atoms with E-state index in [9.17, 15) is 9.59 Å². The highest BCUT2D eigenvalue weighted by Gasteiger charge is 2.18. The van der Waals surface area contributed by atoms with Gasteiger partial charge in [0.15, 0.2) is 0 Å². The molecule has 1 aromatic heterocycles. The number of likely N-dealkylation sites (N-methyl/N-ethyl adjacent to an activating group) is 1. The Morgan fingerprint density at radius 3 is 2.63 bits per heavy atom. The Labute approximate surface area is 162 Å². The zero-order chi connectivity index (χ0) is 19.4. The predicted molar refractivity (Wildman–Crippen MR) is 107 cm³/mol. The summed E-state index contributed by atoms with van der Waals surface area (Å²) in [4.78, 5) is 31.1. The predicted octanol–water partition coefficient (Wildman–Crippen LogP) is 2.47. The lowest BCUT2D eigenvalue weighted by Crippen LogP contribution is -2.38. The zero-order valence-corrected chi connectivity index (χ0v) is 16.0. The van der Waals surface area contributed by atoms with Crippen molar-refractivity contribution in [1.82, 2.24) is 19.8 Å². The fraction of sp³-hybridized carbons (Fsp3) is 0.250. The van der Waals surface area contributed by atoms with E-state index in [0.29, 0.717) is 22.5 Å². The molecule has 3 rings (SSSR count). The smallest absolute Gasteiger partial charge is 0.261 e. The van der Waals surface area contributed by atoms with Crippen LogP contribution in [-0.2, 0) is 11.3 Å². The summed E-state index contributed by atoms with van der Waals surface area (Å²) < 4.78 is 1.32. The minimum absolute atomic E-state index is 0.0749. The molecule has 0 unspecified atom stereocenters. The monoisotopic (exact) mass is 384 g/mol. The van der Waals surface area contributed by atoms with Crippen molar-refractivity contribution in [3.63, 3.8) is 0 Å². The Morgan fingerprint density at radius 2 is 1.89 bits per heavy atom. The van der Waals surface area contributed by atoms with Gasteiger partial charge in [-0.25, -0.2) is 4.98 Å². The summed E-state index contributed by atoms with van der Waals surface area (Å²) in [5.41, 5.74) is 1.32. The number of halogens is 1. The molecule has 140 valence electrons. The topological polar surface area (TPSA) is 67.2 Å². The van der Waals surface area contributed by atoms with Gasteiger partial charge in [0.25, 0.3) is 5.56 Å². The second kappa shape index (κ2) is 8.33. The van der Waals surface area contributed by atoms with Crippen molar-refractivity contribution in [2.45, 2.75) is 12.6 Å². The number of hydrogen-bond acceptors (Lipinski definition) is 4. The van der Waals surface area contributed by atoms with Gasteiger partial charge >= 0.3 is 0 Å². The van der Waals surface area contributed by atoms with Crippen molar-refractivity contribution >= 4 is 28.4 Å². The molecular formula is C20H21ClN4O2. The summed E-state index contributed by atoms with van der Waals surface area (Å²) in [5, 5.41) is 4.04. The molecule has 0 radical (unpaired) electrons. The van der Waals surface area contributed by atoms with Crippen molar-refractivity contribution in [1.29, 1.82) is 0 Å². The van der Waals surface area contributed by atoms with E-state index in [1.54, 1.807) is 18.2 Å². The van der Waals surface area contributed by atoms with E-state index >= 15 is 0 Å². The van der Waals surface area contributed by atoms with Crippen molar-refractivity contribution in [2.24, 2.45) is 0 Å². The van der Waals surface area contributed by atoms with Gasteiger partial charge in [-0.2, -0.15) is 0 Å². The van der Waals surface area contributed by atoms with Crippen molar-refractivity contribution in [2.75, 3.05) is 20.6 Å². The molecule has 3 aromatic rings. The molecule has 0 fully saturated rings. The number of rotatable bonds is 6. The van der Waals surface area contributed by atoms with Gasteiger partial charge in [-0.3, -0.25) is 14.2 Å². The van der Waals surface area contributed by atoms with Gasteiger partial charge in [-0.05, 0) is 37.9 Å². The summed E-state index contributed by atoms with van der Waals surface area (Å²) in [6.07, 6.45) is 1.40. The van der Waals surface area contributed by atoms with Crippen molar-refractivity contribution < 1.29 is 4.79 Å². The molecule has 1 amide bonds. The van der Waals surface area contributed by atoms with Crippen molar-refractivity contribution in [3.05, 3.63) is 75.8 Å². The Bertz CT molecular complexity index is 1020. The lowest BCUT2D eigenvalue weighted by Gasteiger charge is -2.26. The first kappa shape index (κ1) is 19.1. The van der Waals surface area contributed by atoms with E-state index in [1.165, 1.54) is 10.9 Å². The largest absolute Gasteiger partial charge is 0.353 e. The van der Waals surface area contributed by atoms with Crippen LogP contribution in [-0.4, -0.2) is 41.0 Å². The van der Waals surface area contributed by atoms with Gasteiger partial charge in [-0.15, -0.1) is 0 Å². The SMILES string of the molecule is CN(C)[C@@H](CNC(=O)Cn1cnc2ccccc2c1=O)c1ccccc1Cl. The quantitative estimate of drug-likeness (QED) is 0.709. The summed E-state index contributed by atoms with van der Waals surface area (Å²) in [6, 6.07) is 14.6. The highest BCUT2D eigenvalue weighted by atomic mass is 35.5. The van der Waals surface area contributed by atoms with Gasteiger partial charge in [0.2, 0.25) is 5.91 Å². The number of nitrogens with zero attached hydrogens (tertiary/aromatic N) is 3. The molecule has 0 aliphatic rings. The molecular weight excluding hydrogens is 364 g/mol. The summed E-state index contributed by atoms with van der Waals surface area (Å²) >= 11 is 6.29. The summed E-state index contributed by atoms with van der Waals surface area (Å²) in [5.74, 6) is -0.256. The number of carbonyl (C=O) groups is 1. The first-order valence-electron chi connectivity index (χ1n) is 8.59. The van der Waals surface area contributed by atoms with Crippen LogP contribution in [0.25, 0.3) is 10.9 Å². The van der Waals surface area contributed by atoms with Crippen molar-refractivity contribution in [3.8, 4) is 0 Å². The third kappa shape index (κ3) is 4.35. The third-order valence-corrected chi connectivity index (χ3v) is 4.77. The van der Waals surface area contributed by atoms with E-state index in [1.807, 2.05) is 49.3 Å². The molecule has 0 aliphatic heterocycles. The number of nitrogens with one attached hydrogen (secondary N) is 1. The number of aromatic nitrogens is 2. The number of hydrogen-bond donors (Lipinski definition) is 1. The molecule has 0 spiro atoms. The fourth-order valence-electron chi connectivity index (χ4n) is 2.96. The van der Waals surface area contributed by atoms with Gasteiger partial charge < -0.3 is 10.2 Å². The van der Waals surface area contributed by atoms with Gasteiger partial charge in [0, 0.05) is 11.6 Å². The Kier molecular flexibility index (Phi) is 5.88. The average molecular weight is 385 g/mol. The molecule has 0 saturated heterocycles. The Morgan fingerprint density at radius 1 is 1.19 bits per heavy atom. The number of benzene rings is 2. The van der Waals surface area contributed by atoms with E-state index < -0.39 is 0 Å². The second-order valence-corrected chi connectivity index (χ2v) is 6.91. The van der Waals surface area contributed by atoms with Gasteiger partial charge in [-0.1, -0.05) is 41.9 Å². The second-order valence-electron chi connectivity index (χ2n) is 6.50. The number of fused-ring (bicyclic) bond motifs is 1. The van der Waals surface area contributed by atoms with Crippen LogP contribution in [0.4, 0.5) is 0 Å². The minimum Gasteiger partial charge on any atom is -0.353 e. The van der Waals surface area contributed by atoms with Crippen LogP contribution in [0.3, 0.4) is 0 Å². The molecule has 2 aromatic carbocycles. The number of para-hydroxylation sites is 1. The average Bonchev–Trinajstić information content (AvgIpc) is 2.65. The van der Waals surface area contributed by atoms with E-state index in [2.05, 4.69) is 10.3 Å². The van der Waals surface area contributed by atoms with E-state index in [0.717, 1.165) is 5.56 Å². The highest BCUT2D eigenvalue weighted by Crippen LogP contribution is 2.25. The number of carbonyl (C=O) groups excluding carboxylic acids is 1. The van der Waals surface area contributed by atoms with Crippen LogP contribution in [0.5, 0.6) is 0 Å². The lowest BCUT2D eigenvalue weighted by atomic mass is 10.1. The molecule has 1 heterocycles. The molecule has 1 N–H and O–H groups in total. The summed E-state index contributed by atoms with van der Waals surface area (Å²) in [6.45, 7) is 0.296. The summed E-state index contributed by atoms with van der Waals surface area (Å²) in [7, 11) is 3.86. The van der Waals surface area contributed by atoms with Gasteiger partial charge in [0.1, 0.15) is 6.54 Å². The highest BCUT2D eigenvalue weighted by molar-refractivity contribution is 6.31. The molecule has 0 saturated carbocycles. The first-order chi connectivity index (χ1) is 13.0. The lowest BCUT2D eigenvalue weighted by molar-refractivity contribution is -0.121. The van der Waals surface area contributed by atoms with Crippen LogP contribution in [0, 0.1) is 0 Å². The van der Waals surface area contributed by atoms with Crippen LogP contribution in [0.15, 0.2) is 59.7 Å². The maximum absolute atomic E-state index is 12.5. The van der Waals surface area contributed by atoms with E-state index in [-0.39, 0.29) is 24.1 Å². The van der Waals surface area contributed by atoms with Crippen LogP contribution in [0.1, 0.15) is 11.6 Å². The maximum Gasteiger partial charge on any atom is 0.261 e. The standard InChI is InChI=1S/C20H21ClN4O2/c1-24(2)18(14-7-3-5-9-16(14)21)11-22-19(26)12-25-13-23-17-10-6-4-8-15(17)20(25)27/h3-10,13,18H,11-12H2,1-2H3,(H,22,26)/t18-/m0/s1.